The van der Waals surface area contributed by atoms with Crippen LogP contribution in [0.5, 0.6) is 0 Å². The van der Waals surface area contributed by atoms with Crippen LogP contribution in [0.4, 0.5) is 0 Å². The van der Waals surface area contributed by atoms with Crippen LogP contribution in [0.3, 0.4) is 0 Å². The van der Waals surface area contributed by atoms with Crippen molar-refractivity contribution in [1.82, 2.24) is 0 Å². The molecule has 1 nitrogen and oxygen atoms in total. The third-order valence-corrected chi connectivity index (χ3v) is 3.20. The molecule has 0 amide bonds. The molecule has 1 saturated carbocycles. The molecule has 1 aliphatic carbocycles. The van der Waals surface area contributed by atoms with E-state index in [4.69, 9.17) is 0 Å². The van der Waals surface area contributed by atoms with E-state index in [0.29, 0.717) is 0 Å². The van der Waals surface area contributed by atoms with Gasteiger partial charge in [-0.15, -0.1) is 0 Å². The molecule has 1 fully saturated rings. The molecule has 0 atom stereocenters. The number of benzene rings is 1. The third-order valence-electron chi connectivity index (χ3n) is 3.20. The van der Waals surface area contributed by atoms with E-state index < -0.39 is 0 Å². The van der Waals surface area contributed by atoms with Crippen molar-refractivity contribution in [1.29, 1.82) is 0 Å². The zero-order valence-corrected chi connectivity index (χ0v) is 8.13. The lowest BCUT2D eigenvalue weighted by molar-refractivity contribution is -0.495. The van der Waals surface area contributed by atoms with Crippen molar-refractivity contribution in [3.63, 3.8) is 0 Å². The first-order valence-corrected chi connectivity index (χ1v) is 5.22. The molecule has 0 radical (unpaired) electrons. The van der Waals surface area contributed by atoms with Crippen LogP contribution in [-0.4, -0.2) is 0 Å². The van der Waals surface area contributed by atoms with Crippen LogP contribution < -0.4 is 5.73 Å². The molecular weight excluding hydrogens is 158 g/mol. The maximum absolute atomic E-state index is 4.40. The number of hydrogen-bond donors (Lipinski definition) is 1. The summed E-state index contributed by atoms with van der Waals surface area (Å²) in [6, 6.07) is 10.8. The topological polar surface area (TPSA) is 27.6 Å². The van der Waals surface area contributed by atoms with Gasteiger partial charge in [-0.3, -0.25) is 0 Å². The van der Waals surface area contributed by atoms with Gasteiger partial charge in [0.25, 0.3) is 0 Å². The van der Waals surface area contributed by atoms with E-state index >= 15 is 0 Å². The van der Waals surface area contributed by atoms with E-state index in [2.05, 4.69) is 36.1 Å². The van der Waals surface area contributed by atoms with Crippen LogP contribution in [0.15, 0.2) is 30.3 Å². The van der Waals surface area contributed by atoms with Gasteiger partial charge in [0.1, 0.15) is 5.54 Å². The van der Waals surface area contributed by atoms with E-state index in [9.17, 15) is 0 Å². The summed E-state index contributed by atoms with van der Waals surface area (Å²) in [5, 5.41) is 0. The van der Waals surface area contributed by atoms with Crippen LogP contribution in [-0.2, 0) is 5.54 Å². The Morgan fingerprint density at radius 3 is 2.15 bits per heavy atom. The summed E-state index contributed by atoms with van der Waals surface area (Å²) in [6.07, 6.45) is 6.61. The Labute approximate surface area is 80.0 Å². The predicted octanol–water partition coefficient (Wildman–Crippen LogP) is 2.09. The summed E-state index contributed by atoms with van der Waals surface area (Å²) in [4.78, 5) is 0. The fourth-order valence-corrected chi connectivity index (χ4v) is 2.31. The molecule has 0 bridgehead atoms. The van der Waals surface area contributed by atoms with E-state index in [1.54, 1.807) is 0 Å². The molecule has 0 aliphatic heterocycles. The minimum atomic E-state index is 0.222. The number of quaternary nitrogens is 1. The standard InChI is InChI=1S/C12H17N/c13-12(9-5-2-6-10-12)11-7-3-1-4-8-11/h1,3-4,7-8H,2,5-6,9-10,13H2/p+1. The molecule has 0 unspecified atom stereocenters. The van der Waals surface area contributed by atoms with Crippen LogP contribution in [0.25, 0.3) is 0 Å². The smallest absolute Gasteiger partial charge is 0.120 e. The molecule has 3 N–H and O–H groups in total. The summed E-state index contributed by atoms with van der Waals surface area (Å²) >= 11 is 0. The summed E-state index contributed by atoms with van der Waals surface area (Å²) in [5.74, 6) is 0. The van der Waals surface area contributed by atoms with E-state index in [1.807, 2.05) is 0 Å². The highest BCUT2D eigenvalue weighted by Crippen LogP contribution is 2.32. The number of rotatable bonds is 1. The van der Waals surface area contributed by atoms with Crippen LogP contribution >= 0.6 is 0 Å². The first kappa shape index (κ1) is 8.76. The van der Waals surface area contributed by atoms with Crippen molar-refractivity contribution >= 4 is 0 Å². The second-order valence-electron chi connectivity index (χ2n) is 4.21. The van der Waals surface area contributed by atoms with Gasteiger partial charge in [0.2, 0.25) is 0 Å². The average Bonchev–Trinajstić information content (AvgIpc) is 2.20. The number of hydrogen-bond acceptors (Lipinski definition) is 0. The lowest BCUT2D eigenvalue weighted by Gasteiger charge is -2.30. The van der Waals surface area contributed by atoms with E-state index in [0.717, 1.165) is 0 Å². The molecule has 1 aromatic carbocycles. The molecule has 0 heterocycles. The molecule has 0 aromatic heterocycles. The van der Waals surface area contributed by atoms with Crippen molar-refractivity contribution < 1.29 is 5.73 Å². The maximum Gasteiger partial charge on any atom is 0.120 e. The Morgan fingerprint density at radius 2 is 1.54 bits per heavy atom. The highest BCUT2D eigenvalue weighted by atomic mass is 14.7. The van der Waals surface area contributed by atoms with Gasteiger partial charge in [0, 0.05) is 18.4 Å². The average molecular weight is 176 g/mol. The molecule has 0 spiro atoms. The van der Waals surface area contributed by atoms with E-state index in [-0.39, 0.29) is 5.54 Å². The van der Waals surface area contributed by atoms with Crippen molar-refractivity contribution in [2.75, 3.05) is 0 Å². The summed E-state index contributed by atoms with van der Waals surface area (Å²) in [7, 11) is 0. The summed E-state index contributed by atoms with van der Waals surface area (Å²) in [6.45, 7) is 0. The fraction of sp³-hybridized carbons (Fsp3) is 0.500. The van der Waals surface area contributed by atoms with Gasteiger partial charge >= 0.3 is 0 Å². The highest BCUT2D eigenvalue weighted by molar-refractivity contribution is 5.21. The second-order valence-corrected chi connectivity index (χ2v) is 4.21. The van der Waals surface area contributed by atoms with E-state index in [1.165, 1.54) is 37.7 Å². The molecular formula is C12H18N+. The monoisotopic (exact) mass is 176 g/mol. The van der Waals surface area contributed by atoms with Gasteiger partial charge in [-0.25, -0.2) is 0 Å². The third kappa shape index (κ3) is 1.75. The first-order valence-electron chi connectivity index (χ1n) is 5.22. The summed E-state index contributed by atoms with van der Waals surface area (Å²) in [5.41, 5.74) is 6.05. The lowest BCUT2D eigenvalue weighted by Crippen LogP contribution is -2.70. The molecule has 13 heavy (non-hydrogen) atoms. The molecule has 1 aromatic rings. The van der Waals surface area contributed by atoms with Crippen molar-refractivity contribution in [2.45, 2.75) is 37.6 Å². The Bertz CT molecular complexity index is 260. The Hall–Kier alpha value is -0.820. The molecule has 1 heteroatoms. The molecule has 2 rings (SSSR count). The largest absolute Gasteiger partial charge is 0.349 e. The van der Waals surface area contributed by atoms with Gasteiger partial charge in [-0.1, -0.05) is 36.8 Å². The van der Waals surface area contributed by atoms with Crippen LogP contribution in [0, 0.1) is 0 Å². The normalized spacial score (nSPS) is 21.3. The molecule has 1 aliphatic rings. The SMILES string of the molecule is [NH3+]C1(c2ccccc2)CCCCC1. The van der Waals surface area contributed by atoms with Gasteiger partial charge in [0.05, 0.1) is 0 Å². The fourth-order valence-electron chi connectivity index (χ4n) is 2.31. The lowest BCUT2D eigenvalue weighted by atomic mass is 9.77. The Kier molecular flexibility index (Phi) is 2.36. The second kappa shape index (κ2) is 3.51. The van der Waals surface area contributed by atoms with Crippen LogP contribution in [0.1, 0.15) is 37.7 Å². The minimum Gasteiger partial charge on any atom is -0.349 e. The Balaban J connectivity index is 2.23. The zero-order chi connectivity index (χ0) is 9.15. The van der Waals surface area contributed by atoms with Crippen molar-refractivity contribution in [3.05, 3.63) is 35.9 Å². The van der Waals surface area contributed by atoms with Crippen LogP contribution in [0.2, 0.25) is 0 Å². The first-order chi connectivity index (χ1) is 6.31. The minimum absolute atomic E-state index is 0.222. The van der Waals surface area contributed by atoms with Gasteiger partial charge < -0.3 is 5.73 Å². The predicted molar refractivity (Wildman–Crippen MR) is 54.1 cm³/mol. The molecule has 70 valence electrons. The van der Waals surface area contributed by atoms with Gasteiger partial charge in [0.15, 0.2) is 0 Å². The van der Waals surface area contributed by atoms with Crippen molar-refractivity contribution in [2.24, 2.45) is 0 Å². The van der Waals surface area contributed by atoms with Crippen molar-refractivity contribution in [3.8, 4) is 0 Å². The zero-order valence-electron chi connectivity index (χ0n) is 8.13. The summed E-state index contributed by atoms with van der Waals surface area (Å²) < 4.78 is 0. The maximum atomic E-state index is 4.40. The van der Waals surface area contributed by atoms with Gasteiger partial charge in [-0.2, -0.15) is 0 Å². The molecule has 0 saturated heterocycles. The Morgan fingerprint density at radius 1 is 0.923 bits per heavy atom. The quantitative estimate of drug-likeness (QED) is 0.678. The highest BCUT2D eigenvalue weighted by Gasteiger charge is 2.32. The van der Waals surface area contributed by atoms with Gasteiger partial charge in [-0.05, 0) is 12.8 Å².